The Bertz CT molecular complexity index is 1320. The zero-order valence-corrected chi connectivity index (χ0v) is 19.1. The first kappa shape index (κ1) is 22.4. The molecule has 0 unspecified atom stereocenters. The van der Waals surface area contributed by atoms with E-state index in [0.29, 0.717) is 15.8 Å². The fraction of sp³-hybridized carbons (Fsp3) is 0.120. The number of nitrogens with zero attached hydrogens (tertiary/aromatic N) is 3. The van der Waals surface area contributed by atoms with Gasteiger partial charge in [0.25, 0.3) is 0 Å². The van der Waals surface area contributed by atoms with Crippen molar-refractivity contribution in [2.45, 2.75) is 18.3 Å². The van der Waals surface area contributed by atoms with Gasteiger partial charge in [-0.3, -0.25) is 4.98 Å². The van der Waals surface area contributed by atoms with Crippen LogP contribution in [0.1, 0.15) is 29.0 Å². The van der Waals surface area contributed by atoms with Crippen molar-refractivity contribution in [3.05, 3.63) is 113 Å². The third-order valence-corrected chi connectivity index (χ3v) is 6.30. The molecular formula is C25H18ClF3N4S. The van der Waals surface area contributed by atoms with Gasteiger partial charge in [-0.15, -0.1) is 0 Å². The Labute approximate surface area is 204 Å². The van der Waals surface area contributed by atoms with Crippen LogP contribution in [0.15, 0.2) is 91.3 Å². The lowest BCUT2D eigenvalue weighted by molar-refractivity contribution is -0.137. The van der Waals surface area contributed by atoms with Gasteiger partial charge in [0.1, 0.15) is 6.04 Å². The van der Waals surface area contributed by atoms with Gasteiger partial charge in [-0.05, 0) is 78.9 Å². The third-order valence-electron chi connectivity index (χ3n) is 5.74. The van der Waals surface area contributed by atoms with Crippen molar-refractivity contribution >= 4 is 34.6 Å². The Kier molecular flexibility index (Phi) is 5.79. The Hall–Kier alpha value is -3.36. The van der Waals surface area contributed by atoms with Crippen LogP contribution in [0.25, 0.3) is 5.69 Å². The molecule has 4 aromatic rings. The highest BCUT2D eigenvalue weighted by Gasteiger charge is 2.42. The van der Waals surface area contributed by atoms with Crippen LogP contribution in [-0.2, 0) is 6.18 Å². The van der Waals surface area contributed by atoms with Crippen LogP contribution in [-0.4, -0.2) is 14.7 Å². The summed E-state index contributed by atoms with van der Waals surface area (Å²) in [5, 5.41) is 4.43. The van der Waals surface area contributed by atoms with Crippen molar-refractivity contribution in [2.24, 2.45) is 0 Å². The number of pyridine rings is 1. The van der Waals surface area contributed by atoms with E-state index in [4.69, 9.17) is 23.8 Å². The van der Waals surface area contributed by atoms with Crippen molar-refractivity contribution in [2.75, 3.05) is 4.90 Å². The van der Waals surface area contributed by atoms with Gasteiger partial charge in [-0.1, -0.05) is 23.7 Å². The molecule has 1 fully saturated rings. The van der Waals surface area contributed by atoms with Crippen LogP contribution >= 0.6 is 23.8 Å². The molecule has 3 heterocycles. The summed E-state index contributed by atoms with van der Waals surface area (Å²) >= 11 is 11.8. The number of aromatic nitrogens is 2. The minimum absolute atomic E-state index is 0.330. The van der Waals surface area contributed by atoms with Gasteiger partial charge in [0.15, 0.2) is 5.11 Å². The number of hydrogen-bond acceptors (Lipinski definition) is 2. The maximum atomic E-state index is 13.4. The molecule has 0 radical (unpaired) electrons. The van der Waals surface area contributed by atoms with E-state index in [2.05, 4.69) is 10.3 Å². The van der Waals surface area contributed by atoms with Gasteiger partial charge in [-0.2, -0.15) is 13.2 Å². The van der Waals surface area contributed by atoms with Crippen molar-refractivity contribution in [3.8, 4) is 5.69 Å². The minimum Gasteiger partial charge on any atom is -0.351 e. The average Bonchev–Trinajstić information content (AvgIpc) is 3.44. The number of halogens is 4. The molecule has 1 aliphatic heterocycles. The molecule has 2 aromatic heterocycles. The number of nitrogens with one attached hydrogen (secondary N) is 1. The highest BCUT2D eigenvalue weighted by molar-refractivity contribution is 7.80. The zero-order chi connectivity index (χ0) is 23.9. The highest BCUT2D eigenvalue weighted by atomic mass is 35.5. The van der Waals surface area contributed by atoms with E-state index in [1.807, 2.05) is 47.4 Å². The van der Waals surface area contributed by atoms with Crippen LogP contribution < -0.4 is 10.2 Å². The van der Waals surface area contributed by atoms with E-state index in [0.717, 1.165) is 29.2 Å². The number of benzene rings is 2. The zero-order valence-electron chi connectivity index (χ0n) is 17.6. The standard InChI is InChI=1S/C25H18ClF3N4S/c26-17-9-11-18(12-10-17)33-23(22(31-24(33)34)20-7-1-2-13-30-20)21-8-4-14-32(21)19-6-3-5-16(15-19)25(27,28)29/h1-15,22-23H,(H,31,34)/t22-,23+/m1/s1. The van der Waals surface area contributed by atoms with Crippen molar-refractivity contribution in [1.82, 2.24) is 14.9 Å². The lowest BCUT2D eigenvalue weighted by Gasteiger charge is -2.29. The maximum absolute atomic E-state index is 13.4. The van der Waals surface area contributed by atoms with Crippen molar-refractivity contribution in [1.29, 1.82) is 0 Å². The summed E-state index contributed by atoms with van der Waals surface area (Å²) in [6, 6.07) is 21.2. The molecule has 1 saturated heterocycles. The monoisotopic (exact) mass is 498 g/mol. The molecule has 172 valence electrons. The van der Waals surface area contributed by atoms with Crippen LogP contribution in [0, 0.1) is 0 Å². The Balaban J connectivity index is 1.66. The SMILES string of the molecule is FC(F)(F)c1cccc(-n2cccc2[C@H]2[C@@H](c3ccccn3)NC(=S)N2c2ccc(Cl)cc2)c1. The Morgan fingerprint density at radius 1 is 0.912 bits per heavy atom. The molecule has 9 heteroatoms. The molecule has 2 atom stereocenters. The normalized spacial score (nSPS) is 18.2. The Morgan fingerprint density at radius 3 is 2.41 bits per heavy atom. The van der Waals surface area contributed by atoms with E-state index in [1.165, 1.54) is 6.07 Å². The maximum Gasteiger partial charge on any atom is 0.416 e. The first-order valence-corrected chi connectivity index (χ1v) is 11.2. The van der Waals surface area contributed by atoms with Gasteiger partial charge in [0.05, 0.1) is 17.3 Å². The molecule has 0 bridgehead atoms. The second kappa shape index (κ2) is 8.77. The molecule has 2 aromatic carbocycles. The van der Waals surface area contributed by atoms with E-state index in [1.54, 1.807) is 35.2 Å². The first-order valence-electron chi connectivity index (χ1n) is 10.4. The number of hydrogen-bond donors (Lipinski definition) is 1. The molecule has 0 aliphatic carbocycles. The largest absolute Gasteiger partial charge is 0.416 e. The number of thiocarbonyl (C=S) groups is 1. The third kappa shape index (κ3) is 4.15. The molecule has 1 aliphatic rings. The van der Waals surface area contributed by atoms with Gasteiger partial charge in [-0.25, -0.2) is 0 Å². The van der Waals surface area contributed by atoms with E-state index in [-0.39, 0.29) is 12.1 Å². The predicted octanol–water partition coefficient (Wildman–Crippen LogP) is 6.72. The summed E-state index contributed by atoms with van der Waals surface area (Å²) < 4.78 is 42.0. The Morgan fingerprint density at radius 2 is 1.71 bits per heavy atom. The number of rotatable bonds is 4. The van der Waals surface area contributed by atoms with Gasteiger partial charge in [0.2, 0.25) is 0 Å². The van der Waals surface area contributed by atoms with Crippen LogP contribution in [0.3, 0.4) is 0 Å². The molecule has 0 saturated carbocycles. The summed E-state index contributed by atoms with van der Waals surface area (Å²) in [6.45, 7) is 0. The van der Waals surface area contributed by atoms with Gasteiger partial charge >= 0.3 is 6.18 Å². The van der Waals surface area contributed by atoms with Crippen molar-refractivity contribution in [3.63, 3.8) is 0 Å². The molecule has 0 spiro atoms. The summed E-state index contributed by atoms with van der Waals surface area (Å²) in [5.74, 6) is 0. The summed E-state index contributed by atoms with van der Waals surface area (Å²) in [4.78, 5) is 6.47. The van der Waals surface area contributed by atoms with Crippen LogP contribution in [0.4, 0.5) is 18.9 Å². The lowest BCUT2D eigenvalue weighted by Crippen LogP contribution is -2.30. The molecule has 34 heavy (non-hydrogen) atoms. The summed E-state index contributed by atoms with van der Waals surface area (Å²) in [7, 11) is 0. The summed E-state index contributed by atoms with van der Waals surface area (Å²) in [6.07, 6.45) is -0.985. The second-order valence-electron chi connectivity index (χ2n) is 7.82. The van der Waals surface area contributed by atoms with E-state index >= 15 is 0 Å². The predicted molar refractivity (Wildman–Crippen MR) is 130 cm³/mol. The topological polar surface area (TPSA) is 33.1 Å². The molecular weight excluding hydrogens is 481 g/mol. The quantitative estimate of drug-likeness (QED) is 0.317. The molecule has 5 rings (SSSR count). The molecule has 0 amide bonds. The number of anilines is 1. The van der Waals surface area contributed by atoms with Gasteiger partial charge < -0.3 is 14.8 Å². The van der Waals surface area contributed by atoms with E-state index in [9.17, 15) is 13.2 Å². The summed E-state index contributed by atoms with van der Waals surface area (Å²) in [5.41, 5.74) is 2.03. The lowest BCUT2D eigenvalue weighted by atomic mass is 10.0. The van der Waals surface area contributed by atoms with Crippen LogP contribution in [0.5, 0.6) is 0 Å². The second-order valence-corrected chi connectivity index (χ2v) is 8.65. The fourth-order valence-electron chi connectivity index (χ4n) is 4.24. The average molecular weight is 499 g/mol. The fourth-order valence-corrected chi connectivity index (χ4v) is 4.71. The minimum atomic E-state index is -4.44. The highest BCUT2D eigenvalue weighted by Crippen LogP contribution is 2.42. The van der Waals surface area contributed by atoms with Crippen molar-refractivity contribution < 1.29 is 13.2 Å². The first-order chi connectivity index (χ1) is 16.3. The smallest absolute Gasteiger partial charge is 0.351 e. The number of alkyl halides is 3. The van der Waals surface area contributed by atoms with Gasteiger partial charge in [0, 0.05) is 34.5 Å². The molecule has 4 nitrogen and oxygen atoms in total. The van der Waals surface area contributed by atoms with Crippen LogP contribution in [0.2, 0.25) is 5.02 Å². The molecule has 1 N–H and O–H groups in total. The van der Waals surface area contributed by atoms with E-state index < -0.39 is 11.7 Å².